The van der Waals surface area contributed by atoms with Gasteiger partial charge in [-0.05, 0) is 0 Å². The average Bonchev–Trinajstić information content (AvgIpc) is 2.04. The van der Waals surface area contributed by atoms with Crippen LogP contribution in [-0.2, 0) is 26.6 Å². The van der Waals surface area contributed by atoms with Crippen LogP contribution in [0.15, 0.2) is 4.36 Å². The molecule has 0 spiro atoms. The van der Waals surface area contributed by atoms with E-state index in [1.807, 2.05) is 0 Å². The average molecular weight is 214 g/mol. The van der Waals surface area contributed by atoms with Gasteiger partial charge in [-0.15, -0.1) is 0 Å². The van der Waals surface area contributed by atoms with Gasteiger partial charge in [0.15, 0.2) is 0 Å². The molecule has 0 aromatic rings. The van der Waals surface area contributed by atoms with Gasteiger partial charge in [0.2, 0.25) is 6.19 Å². The van der Waals surface area contributed by atoms with Crippen LogP contribution in [0.4, 0.5) is 0 Å². The van der Waals surface area contributed by atoms with Crippen molar-refractivity contribution < 1.29 is 21.0 Å². The van der Waals surface area contributed by atoms with Crippen molar-refractivity contribution in [3.63, 3.8) is 0 Å². The molecule has 12 heavy (non-hydrogen) atoms. The van der Waals surface area contributed by atoms with Gasteiger partial charge in [0, 0.05) is 0 Å². The maximum atomic E-state index is 11.1. The van der Waals surface area contributed by atoms with Gasteiger partial charge in [0.25, 0.3) is 0 Å². The highest BCUT2D eigenvalue weighted by Gasteiger charge is 2.27. The van der Waals surface area contributed by atoms with E-state index >= 15 is 0 Å². The summed E-state index contributed by atoms with van der Waals surface area (Å²) in [7, 11) is -6.91. The Balaban J connectivity index is 5.55. The normalized spacial score (nSPS) is 16.1. The first-order chi connectivity index (χ1) is 5.43. The lowest BCUT2D eigenvalue weighted by Crippen LogP contribution is -2.17. The Kier molecular flexibility index (Phi) is 3.59. The van der Waals surface area contributed by atoms with Crippen LogP contribution in [0.5, 0.6) is 0 Å². The predicted octanol–water partition coefficient (Wildman–Crippen LogP) is -0.612. The molecule has 0 aromatic carbocycles. The summed E-state index contributed by atoms with van der Waals surface area (Å²) in [4.78, 5) is 0. The molecule has 1 atom stereocenters. The molecule has 7 nitrogen and oxygen atoms in total. The van der Waals surface area contributed by atoms with E-state index in [0.29, 0.717) is 0 Å². The lowest BCUT2D eigenvalue weighted by molar-refractivity contribution is 0.395. The molecular weight excluding hydrogens is 208 g/mol. The van der Waals surface area contributed by atoms with Crippen molar-refractivity contribution in [2.24, 2.45) is 4.36 Å². The number of rotatable bonds is 3. The fourth-order valence-electron chi connectivity index (χ4n) is 0.302. The van der Waals surface area contributed by atoms with Gasteiger partial charge in [0.05, 0.1) is 14.2 Å². The van der Waals surface area contributed by atoms with Crippen LogP contribution in [0.2, 0.25) is 0 Å². The van der Waals surface area contributed by atoms with Crippen molar-refractivity contribution in [3.05, 3.63) is 0 Å². The summed E-state index contributed by atoms with van der Waals surface area (Å²) >= 11 is 0. The Morgan fingerprint density at radius 2 is 1.75 bits per heavy atom. The van der Waals surface area contributed by atoms with Gasteiger partial charge >= 0.3 is 18.2 Å². The zero-order valence-electron chi connectivity index (χ0n) is 6.25. The van der Waals surface area contributed by atoms with Crippen molar-refractivity contribution in [1.82, 2.24) is 0 Å². The Morgan fingerprint density at radius 1 is 1.25 bits per heavy atom. The third kappa shape index (κ3) is 1.92. The highest BCUT2D eigenvalue weighted by molar-refractivity contribution is 8.64. The van der Waals surface area contributed by atoms with Crippen LogP contribution in [0.1, 0.15) is 0 Å². The summed E-state index contributed by atoms with van der Waals surface area (Å²) in [6.07, 6.45) is 1.07. The second kappa shape index (κ2) is 3.81. The van der Waals surface area contributed by atoms with E-state index in [4.69, 9.17) is 5.26 Å². The summed E-state index contributed by atoms with van der Waals surface area (Å²) in [5.41, 5.74) is 0. The van der Waals surface area contributed by atoms with Gasteiger partial charge in [0.1, 0.15) is 0 Å². The van der Waals surface area contributed by atoms with Crippen LogP contribution in [0, 0.1) is 11.5 Å². The molecule has 0 aliphatic rings. The van der Waals surface area contributed by atoms with Crippen molar-refractivity contribution in [2.75, 3.05) is 14.2 Å². The van der Waals surface area contributed by atoms with Crippen LogP contribution < -0.4 is 0 Å². The highest BCUT2D eigenvalue weighted by Crippen LogP contribution is 2.08. The molecule has 0 rings (SSSR count). The van der Waals surface area contributed by atoms with Gasteiger partial charge in [-0.1, -0.05) is 4.36 Å². The molecule has 0 N–H and O–H groups in total. The molecule has 0 amide bonds. The van der Waals surface area contributed by atoms with Crippen molar-refractivity contribution in [2.45, 2.75) is 0 Å². The summed E-state index contributed by atoms with van der Waals surface area (Å²) < 4.78 is 43.2. The molecule has 0 saturated heterocycles. The van der Waals surface area contributed by atoms with Crippen LogP contribution in [-0.4, -0.2) is 26.8 Å². The molecule has 0 heterocycles. The van der Waals surface area contributed by atoms with Gasteiger partial charge in [-0.3, -0.25) is 8.37 Å². The van der Waals surface area contributed by atoms with Crippen LogP contribution >= 0.6 is 0 Å². The molecule has 0 saturated carbocycles. The van der Waals surface area contributed by atoms with Crippen molar-refractivity contribution in [3.8, 4) is 6.19 Å². The standard InChI is InChI=1S/C3H6N2O5S2/c1-9-11(6,5-3-4)12(7,8)10-2/h1-2H3. The predicted molar refractivity (Wildman–Crippen MR) is 39.1 cm³/mol. The Bertz CT molecular complexity index is 395. The minimum atomic E-state index is -4.46. The van der Waals surface area contributed by atoms with Crippen LogP contribution in [0.3, 0.4) is 0 Å². The first kappa shape index (κ1) is 11.3. The van der Waals surface area contributed by atoms with E-state index in [0.717, 1.165) is 20.4 Å². The third-order valence-electron chi connectivity index (χ3n) is 0.825. The highest BCUT2D eigenvalue weighted by atomic mass is 33.2. The minimum absolute atomic E-state index is 0.793. The zero-order chi connectivity index (χ0) is 9.83. The van der Waals surface area contributed by atoms with Gasteiger partial charge < -0.3 is 0 Å². The monoisotopic (exact) mass is 214 g/mol. The van der Waals surface area contributed by atoms with E-state index in [9.17, 15) is 12.6 Å². The smallest absolute Gasteiger partial charge is 0.274 e. The number of nitriles is 1. The number of hydrogen-bond donors (Lipinski definition) is 0. The van der Waals surface area contributed by atoms with E-state index in [1.54, 1.807) is 0 Å². The molecular formula is C3H6N2O5S2. The largest absolute Gasteiger partial charge is 0.382 e. The number of nitrogens with zero attached hydrogens (tertiary/aromatic N) is 2. The molecule has 0 fully saturated rings. The first-order valence-corrected chi connectivity index (χ1v) is 5.81. The zero-order valence-corrected chi connectivity index (χ0v) is 7.89. The second-order valence-electron chi connectivity index (χ2n) is 1.36. The lowest BCUT2D eigenvalue weighted by Gasteiger charge is -2.02. The molecule has 0 aromatic heterocycles. The van der Waals surface area contributed by atoms with E-state index in [-0.39, 0.29) is 0 Å². The molecule has 70 valence electrons. The SMILES string of the molecule is COS(=O)(=O)S(=O)(=NC#N)OC. The van der Waals surface area contributed by atoms with Crippen molar-refractivity contribution in [1.29, 1.82) is 5.26 Å². The summed E-state index contributed by atoms with van der Waals surface area (Å²) in [5.74, 6) is 0. The van der Waals surface area contributed by atoms with Crippen molar-refractivity contribution >= 4 is 18.2 Å². The quantitative estimate of drug-likeness (QED) is 0.458. The van der Waals surface area contributed by atoms with E-state index < -0.39 is 18.2 Å². The lowest BCUT2D eigenvalue weighted by atomic mass is 11.5. The maximum absolute atomic E-state index is 11.1. The minimum Gasteiger partial charge on any atom is -0.274 e. The molecule has 0 radical (unpaired) electrons. The van der Waals surface area contributed by atoms with Gasteiger partial charge in [-0.25, -0.2) is 4.21 Å². The molecule has 0 aliphatic heterocycles. The summed E-state index contributed by atoms with van der Waals surface area (Å²) in [6.45, 7) is 0. The molecule has 9 heteroatoms. The van der Waals surface area contributed by atoms with E-state index in [1.165, 1.54) is 0 Å². The van der Waals surface area contributed by atoms with Gasteiger partial charge in [-0.2, -0.15) is 13.7 Å². The Hall–Kier alpha value is -0.690. The Morgan fingerprint density at radius 3 is 2.00 bits per heavy atom. The second-order valence-corrected chi connectivity index (χ2v) is 6.37. The summed E-state index contributed by atoms with van der Waals surface area (Å²) in [6, 6.07) is 0. The summed E-state index contributed by atoms with van der Waals surface area (Å²) in [5, 5.41) is 8.00. The van der Waals surface area contributed by atoms with E-state index in [2.05, 4.69) is 12.7 Å². The molecule has 0 bridgehead atoms. The maximum Gasteiger partial charge on any atom is 0.382 e. The third-order valence-corrected chi connectivity index (χ3v) is 5.06. The molecule has 1 unspecified atom stereocenters. The fourth-order valence-corrected chi connectivity index (χ4v) is 2.30. The Labute approximate surface area is 69.8 Å². The first-order valence-electron chi connectivity index (χ1n) is 2.45. The fraction of sp³-hybridized carbons (Fsp3) is 0.667. The number of hydrogen-bond acceptors (Lipinski definition) is 7. The molecule has 0 aliphatic carbocycles. The topological polar surface area (TPSA) is 106 Å². The van der Waals surface area contributed by atoms with Crippen LogP contribution in [0.25, 0.3) is 0 Å².